The molecule has 1 heterocycles. The molecule has 2 aromatic rings. The molecule has 10 heteroatoms. The van der Waals surface area contributed by atoms with Gasteiger partial charge in [0, 0.05) is 30.2 Å². The highest BCUT2D eigenvalue weighted by Crippen LogP contribution is 2.51. The van der Waals surface area contributed by atoms with E-state index in [0.717, 1.165) is 11.1 Å². The van der Waals surface area contributed by atoms with Crippen molar-refractivity contribution >= 4 is 15.7 Å². The first-order valence-electron chi connectivity index (χ1n) is 12.8. The maximum Gasteiger partial charge on any atom is 0.426 e. The number of aryl methyl sites for hydroxylation is 1. The molecule has 1 fully saturated rings. The van der Waals surface area contributed by atoms with E-state index in [1.165, 1.54) is 24.3 Å². The van der Waals surface area contributed by atoms with Crippen LogP contribution in [0.25, 0.3) is 0 Å². The van der Waals surface area contributed by atoms with Gasteiger partial charge in [-0.3, -0.25) is 4.79 Å². The lowest BCUT2D eigenvalue weighted by Gasteiger charge is -2.44. The minimum absolute atomic E-state index is 0.0132. The van der Waals surface area contributed by atoms with Gasteiger partial charge in [-0.15, -0.1) is 0 Å². The number of carbonyl (C=O) groups is 1. The van der Waals surface area contributed by atoms with Gasteiger partial charge in [0.15, 0.2) is 9.84 Å². The first-order valence-corrected chi connectivity index (χ1v) is 14.7. The molecule has 4 rings (SSSR count). The predicted molar refractivity (Wildman–Crippen MR) is 135 cm³/mol. The number of hydrogen-bond acceptors (Lipinski definition) is 3. The number of carbonyl (C=O) groups excluding carboxylic acids is 1. The summed E-state index contributed by atoms with van der Waals surface area (Å²) in [6, 6.07) is 9.65. The van der Waals surface area contributed by atoms with Crippen LogP contribution in [0.1, 0.15) is 61.8 Å². The summed E-state index contributed by atoms with van der Waals surface area (Å²) in [4.78, 5) is 14.9. The lowest BCUT2D eigenvalue weighted by atomic mass is 9.63. The Morgan fingerprint density at radius 2 is 1.76 bits per heavy atom. The Kier molecular flexibility index (Phi) is 7.69. The molecule has 1 aliphatic heterocycles. The van der Waals surface area contributed by atoms with Crippen LogP contribution >= 0.6 is 0 Å². The molecule has 38 heavy (non-hydrogen) atoms. The van der Waals surface area contributed by atoms with E-state index in [4.69, 9.17) is 0 Å². The van der Waals surface area contributed by atoms with Crippen molar-refractivity contribution in [1.29, 1.82) is 0 Å². The van der Waals surface area contributed by atoms with Gasteiger partial charge < -0.3 is 4.90 Å². The number of halogens is 5. The molecule has 0 bridgehead atoms. The fourth-order valence-electron chi connectivity index (χ4n) is 6.09. The molecule has 0 radical (unpaired) electrons. The Labute approximate surface area is 220 Å². The number of benzene rings is 2. The van der Waals surface area contributed by atoms with Crippen molar-refractivity contribution in [3.05, 3.63) is 70.5 Å². The molecule has 4 nitrogen and oxygen atoms in total. The van der Waals surface area contributed by atoms with E-state index in [0.29, 0.717) is 51.1 Å². The van der Waals surface area contributed by atoms with Crippen LogP contribution in [0.4, 0.5) is 22.0 Å². The van der Waals surface area contributed by atoms with E-state index >= 15 is 0 Å². The van der Waals surface area contributed by atoms with Gasteiger partial charge in [-0.1, -0.05) is 37.3 Å². The third-order valence-corrected chi connectivity index (χ3v) is 9.97. The minimum Gasteiger partial charge on any atom is -0.339 e. The zero-order chi connectivity index (χ0) is 27.9. The number of nitrogens with zero attached hydrogens (tertiary/aromatic N) is 1. The largest absolute Gasteiger partial charge is 0.426 e. The van der Waals surface area contributed by atoms with E-state index < -0.39 is 38.5 Å². The topological polar surface area (TPSA) is 54.5 Å². The second kappa shape index (κ2) is 10.2. The van der Waals surface area contributed by atoms with Crippen LogP contribution in [0.5, 0.6) is 0 Å². The average Bonchev–Trinajstić information content (AvgIpc) is 3.22. The average molecular weight is 558 g/mol. The lowest BCUT2D eigenvalue weighted by Crippen LogP contribution is -2.49. The molecule has 0 spiro atoms. The van der Waals surface area contributed by atoms with Crippen LogP contribution < -0.4 is 0 Å². The van der Waals surface area contributed by atoms with Gasteiger partial charge in [0.05, 0.1) is 5.75 Å². The number of alkyl halides is 4. The maximum absolute atomic E-state index is 14.8. The lowest BCUT2D eigenvalue weighted by molar-refractivity contribution is -0.228. The summed E-state index contributed by atoms with van der Waals surface area (Å²) in [5, 5.41) is 0. The van der Waals surface area contributed by atoms with Crippen LogP contribution in [0.3, 0.4) is 0 Å². The van der Waals surface area contributed by atoms with Crippen molar-refractivity contribution in [2.45, 2.75) is 75.7 Å². The first-order chi connectivity index (χ1) is 17.7. The third-order valence-electron chi connectivity index (χ3n) is 8.11. The van der Waals surface area contributed by atoms with Crippen molar-refractivity contribution in [2.24, 2.45) is 0 Å². The number of sulfone groups is 1. The molecule has 208 valence electrons. The minimum atomic E-state index is -5.07. The van der Waals surface area contributed by atoms with Crippen molar-refractivity contribution < 1.29 is 35.2 Å². The van der Waals surface area contributed by atoms with Gasteiger partial charge in [-0.05, 0) is 73.4 Å². The normalized spacial score (nSPS) is 23.0. The van der Waals surface area contributed by atoms with Gasteiger partial charge in [0.25, 0.3) is 0 Å². The fourth-order valence-corrected chi connectivity index (χ4v) is 7.40. The summed E-state index contributed by atoms with van der Waals surface area (Å²) in [6.45, 7) is 2.63. The van der Waals surface area contributed by atoms with E-state index in [1.807, 2.05) is 0 Å². The van der Waals surface area contributed by atoms with E-state index in [-0.39, 0.29) is 29.9 Å². The summed E-state index contributed by atoms with van der Waals surface area (Å²) in [5.74, 6) is -0.897. The summed E-state index contributed by atoms with van der Waals surface area (Å²) in [6.07, 6.45) is -3.03. The fraction of sp³-hybridized carbons (Fsp3) is 0.536. The van der Waals surface area contributed by atoms with Gasteiger partial charge in [0.1, 0.15) is 5.82 Å². The van der Waals surface area contributed by atoms with Crippen LogP contribution in [-0.4, -0.2) is 49.5 Å². The van der Waals surface area contributed by atoms with Crippen molar-refractivity contribution in [3.8, 4) is 0 Å². The summed E-state index contributed by atoms with van der Waals surface area (Å²) < 4.78 is 93.0. The Morgan fingerprint density at radius 3 is 2.39 bits per heavy atom. The zero-order valence-corrected chi connectivity index (χ0v) is 22.3. The maximum atomic E-state index is 14.8. The summed E-state index contributed by atoms with van der Waals surface area (Å²) in [7, 11) is -3.34. The molecule has 1 unspecified atom stereocenters. The van der Waals surface area contributed by atoms with Crippen LogP contribution in [0.2, 0.25) is 0 Å². The van der Waals surface area contributed by atoms with Crippen LogP contribution in [0.15, 0.2) is 42.5 Å². The summed E-state index contributed by atoms with van der Waals surface area (Å²) >= 11 is 0. The van der Waals surface area contributed by atoms with E-state index in [2.05, 4.69) is 0 Å². The number of likely N-dealkylation sites (tertiary alicyclic amines) is 1. The highest BCUT2D eigenvalue weighted by molar-refractivity contribution is 7.91. The number of amides is 1. The molecular formula is C28H32F5NO3S. The first kappa shape index (κ1) is 28.5. The number of hydrogen-bond donors (Lipinski definition) is 0. The molecule has 2 aromatic carbocycles. The smallest absolute Gasteiger partial charge is 0.339 e. The summed E-state index contributed by atoms with van der Waals surface area (Å²) in [5.41, 5.74) is -2.48. The van der Waals surface area contributed by atoms with Gasteiger partial charge in [-0.25, -0.2) is 17.2 Å². The van der Waals surface area contributed by atoms with Gasteiger partial charge in [0.2, 0.25) is 11.6 Å². The second-order valence-electron chi connectivity index (χ2n) is 10.6. The van der Waals surface area contributed by atoms with Crippen molar-refractivity contribution in [3.63, 3.8) is 0 Å². The Balaban J connectivity index is 1.71. The number of rotatable bonds is 8. The molecule has 0 aromatic heterocycles. The molecule has 1 amide bonds. The molecule has 2 aliphatic rings. The van der Waals surface area contributed by atoms with Crippen molar-refractivity contribution in [1.82, 2.24) is 4.90 Å². The predicted octanol–water partition coefficient (Wildman–Crippen LogP) is 5.82. The molecular weight excluding hydrogens is 525 g/mol. The van der Waals surface area contributed by atoms with Gasteiger partial charge in [-0.2, -0.15) is 13.2 Å². The highest BCUT2D eigenvalue weighted by Gasteiger charge is 2.55. The SMILES string of the molecule is CCCS(=O)(=O)CCC(=O)N1CC[C@@]2(Cc3ccc(F)cc3)c3ccc(C(C)(F)C(F)(F)F)cc3CC[C@@H]12. The number of fused-ring (bicyclic) bond motifs is 3. The monoisotopic (exact) mass is 557 g/mol. The van der Waals surface area contributed by atoms with Crippen molar-refractivity contribution in [2.75, 3.05) is 18.1 Å². The van der Waals surface area contributed by atoms with Crippen LogP contribution in [0, 0.1) is 5.82 Å². The molecule has 0 N–H and O–H groups in total. The standard InChI is InChI=1S/C28H32F5NO3S/c1-3-15-38(36,37)16-12-25(35)34-14-13-27(18-19-4-8-22(29)9-5-19)23-10-7-21(26(2,30)28(31,32)33)17-20(23)6-11-24(27)34/h4-5,7-10,17,24H,3,6,11-16,18H2,1-2H3/t24-,26?,27-/m1/s1. The Bertz CT molecular complexity index is 1290. The molecule has 0 saturated carbocycles. The zero-order valence-electron chi connectivity index (χ0n) is 21.5. The van der Waals surface area contributed by atoms with Gasteiger partial charge >= 0.3 is 6.18 Å². The highest BCUT2D eigenvalue weighted by atomic mass is 32.2. The molecule has 1 aliphatic carbocycles. The Hall–Kier alpha value is -2.49. The molecule has 3 atom stereocenters. The second-order valence-corrected chi connectivity index (χ2v) is 12.9. The third kappa shape index (κ3) is 5.33. The van der Waals surface area contributed by atoms with Crippen LogP contribution in [-0.2, 0) is 38.6 Å². The van der Waals surface area contributed by atoms with E-state index in [9.17, 15) is 35.2 Å². The Morgan fingerprint density at radius 1 is 1.08 bits per heavy atom. The van der Waals surface area contributed by atoms with E-state index in [1.54, 1.807) is 30.0 Å². The quantitative estimate of drug-likeness (QED) is 0.385. The molecule has 1 saturated heterocycles.